The predicted octanol–water partition coefficient (Wildman–Crippen LogP) is 4.01. The van der Waals surface area contributed by atoms with Gasteiger partial charge in [-0.25, -0.2) is 0 Å². The van der Waals surface area contributed by atoms with E-state index in [1.54, 1.807) is 12.1 Å². The van der Waals surface area contributed by atoms with Gasteiger partial charge in [0, 0.05) is 16.1 Å². The highest BCUT2D eigenvalue weighted by Crippen LogP contribution is 2.32. The second-order valence-electron chi connectivity index (χ2n) is 3.28. The topological polar surface area (TPSA) is 29.5 Å². The van der Waals surface area contributed by atoms with Crippen LogP contribution in [-0.4, -0.2) is 11.7 Å². The van der Waals surface area contributed by atoms with Crippen molar-refractivity contribution in [2.45, 2.75) is 13.5 Å². The van der Waals surface area contributed by atoms with Crippen molar-refractivity contribution in [1.82, 2.24) is 0 Å². The van der Waals surface area contributed by atoms with E-state index in [4.69, 9.17) is 44.6 Å². The maximum atomic E-state index is 9.15. The molecule has 16 heavy (non-hydrogen) atoms. The van der Waals surface area contributed by atoms with Crippen LogP contribution in [0.15, 0.2) is 23.2 Å². The molecule has 0 atom stereocenters. The Hall–Kier alpha value is -0.410. The molecule has 0 saturated carbocycles. The molecule has 0 bridgehead atoms. The van der Waals surface area contributed by atoms with E-state index >= 15 is 0 Å². The molecule has 0 radical (unpaired) electrons. The van der Waals surface area contributed by atoms with Gasteiger partial charge in [0.2, 0.25) is 0 Å². The minimum Gasteiger partial charge on any atom is -0.487 e. The lowest BCUT2D eigenvalue weighted by Gasteiger charge is -2.12. The zero-order valence-electron chi connectivity index (χ0n) is 8.64. The molecule has 0 heterocycles. The van der Waals surface area contributed by atoms with Gasteiger partial charge in [0.15, 0.2) is 0 Å². The summed E-state index contributed by atoms with van der Waals surface area (Å²) in [5, 5.41) is 9.99. The number of aliphatic hydroxyl groups excluding tert-OH is 1. The molecule has 1 rings (SSSR count). The molecule has 0 spiro atoms. The highest BCUT2D eigenvalue weighted by Gasteiger charge is 2.10. The van der Waals surface area contributed by atoms with E-state index in [2.05, 4.69) is 0 Å². The zero-order chi connectivity index (χ0) is 12.1. The first-order valence-corrected chi connectivity index (χ1v) is 5.75. The summed E-state index contributed by atoms with van der Waals surface area (Å²) in [6.07, 6.45) is 0. The smallest absolute Gasteiger partial charge is 0.143 e. The molecule has 0 aliphatic carbocycles. The average Bonchev–Trinajstić information content (AvgIpc) is 2.26. The van der Waals surface area contributed by atoms with E-state index in [-0.39, 0.29) is 6.61 Å². The molecule has 0 saturated heterocycles. The van der Waals surface area contributed by atoms with Gasteiger partial charge in [-0.3, -0.25) is 0 Å². The zero-order valence-corrected chi connectivity index (χ0v) is 10.9. The van der Waals surface area contributed by atoms with Crippen LogP contribution in [-0.2, 0) is 6.61 Å². The van der Waals surface area contributed by atoms with Crippen molar-refractivity contribution in [3.63, 3.8) is 0 Å². The largest absolute Gasteiger partial charge is 0.487 e. The van der Waals surface area contributed by atoms with Crippen LogP contribution in [0.5, 0.6) is 5.75 Å². The van der Waals surface area contributed by atoms with Gasteiger partial charge in [-0.05, 0) is 24.6 Å². The van der Waals surface area contributed by atoms with E-state index in [0.717, 1.165) is 5.57 Å². The first-order chi connectivity index (χ1) is 7.58. The Morgan fingerprint density at radius 3 is 2.69 bits per heavy atom. The third-order valence-electron chi connectivity index (χ3n) is 1.89. The molecule has 1 N–H and O–H groups in total. The summed E-state index contributed by atoms with van der Waals surface area (Å²) in [6.45, 7) is 1.96. The van der Waals surface area contributed by atoms with E-state index in [0.29, 0.717) is 28.0 Å². The molecule has 0 aliphatic rings. The highest BCUT2D eigenvalue weighted by atomic mass is 35.5. The molecule has 1 aromatic carbocycles. The summed E-state index contributed by atoms with van der Waals surface area (Å²) < 4.78 is 5.46. The van der Waals surface area contributed by atoms with Crippen LogP contribution < -0.4 is 4.74 Å². The van der Waals surface area contributed by atoms with Crippen LogP contribution in [0.4, 0.5) is 0 Å². The first kappa shape index (κ1) is 13.7. The maximum Gasteiger partial charge on any atom is 0.143 e. The van der Waals surface area contributed by atoms with Crippen LogP contribution in [0.25, 0.3) is 0 Å². The molecule has 1 aromatic rings. The third-order valence-corrected chi connectivity index (χ3v) is 2.76. The minimum atomic E-state index is -0.181. The number of aliphatic hydroxyl groups is 1. The van der Waals surface area contributed by atoms with Crippen molar-refractivity contribution >= 4 is 34.8 Å². The minimum absolute atomic E-state index is 0.181. The summed E-state index contributed by atoms with van der Waals surface area (Å²) in [7, 11) is 0. The van der Waals surface area contributed by atoms with Gasteiger partial charge in [0.05, 0.1) is 11.6 Å². The molecular formula is C11H11Cl3O2. The lowest BCUT2D eigenvalue weighted by atomic mass is 10.2. The van der Waals surface area contributed by atoms with Gasteiger partial charge >= 0.3 is 0 Å². The Kier molecular flexibility index (Phi) is 5.42. The molecule has 88 valence electrons. The molecule has 0 unspecified atom stereocenters. The fourth-order valence-corrected chi connectivity index (χ4v) is 1.76. The van der Waals surface area contributed by atoms with E-state index in [1.165, 1.54) is 5.54 Å². The van der Waals surface area contributed by atoms with Gasteiger partial charge < -0.3 is 9.84 Å². The van der Waals surface area contributed by atoms with Crippen LogP contribution in [0.1, 0.15) is 12.5 Å². The summed E-state index contributed by atoms with van der Waals surface area (Å²) in [6, 6.07) is 3.18. The molecule has 0 fully saturated rings. The van der Waals surface area contributed by atoms with Gasteiger partial charge in [0.25, 0.3) is 0 Å². The fourth-order valence-electron chi connectivity index (χ4n) is 1.11. The van der Waals surface area contributed by atoms with Crippen LogP contribution in [0.3, 0.4) is 0 Å². The van der Waals surface area contributed by atoms with E-state index < -0.39 is 0 Å². The Morgan fingerprint density at radius 1 is 1.44 bits per heavy atom. The summed E-state index contributed by atoms with van der Waals surface area (Å²) in [5.41, 5.74) is 2.85. The van der Waals surface area contributed by atoms with Crippen LogP contribution in [0, 0.1) is 0 Å². The number of benzene rings is 1. The Balaban J connectivity index is 2.94. The maximum absolute atomic E-state index is 9.15. The number of hydrogen-bond acceptors (Lipinski definition) is 2. The SMILES string of the molecule is CC(=CCl)COc1c(Cl)cc(Cl)cc1CO. The molecule has 0 amide bonds. The van der Waals surface area contributed by atoms with Gasteiger partial charge in [-0.15, -0.1) is 0 Å². The quantitative estimate of drug-likeness (QED) is 0.903. The fraction of sp³-hybridized carbons (Fsp3) is 0.273. The lowest BCUT2D eigenvalue weighted by Crippen LogP contribution is -2.02. The van der Waals surface area contributed by atoms with Crippen LogP contribution in [0.2, 0.25) is 10.0 Å². The number of halogens is 3. The summed E-state index contributed by atoms with van der Waals surface area (Å²) >= 11 is 17.3. The van der Waals surface area contributed by atoms with Gasteiger partial charge in [0.1, 0.15) is 12.4 Å². The molecule has 5 heteroatoms. The van der Waals surface area contributed by atoms with Crippen molar-refractivity contribution in [3.05, 3.63) is 38.8 Å². The second kappa shape index (κ2) is 6.36. The van der Waals surface area contributed by atoms with E-state index in [9.17, 15) is 0 Å². The van der Waals surface area contributed by atoms with Crippen molar-refractivity contribution in [1.29, 1.82) is 0 Å². The number of ether oxygens (including phenoxy) is 1. The average molecular weight is 282 g/mol. The van der Waals surface area contributed by atoms with Crippen LogP contribution >= 0.6 is 34.8 Å². The normalized spacial score (nSPS) is 11.7. The Morgan fingerprint density at radius 2 is 2.12 bits per heavy atom. The second-order valence-corrected chi connectivity index (χ2v) is 4.34. The Labute approximate surface area is 109 Å². The van der Waals surface area contributed by atoms with E-state index in [1.807, 2.05) is 6.92 Å². The third kappa shape index (κ3) is 3.56. The monoisotopic (exact) mass is 280 g/mol. The molecule has 0 aromatic heterocycles. The van der Waals surface area contributed by atoms with Crippen molar-refractivity contribution in [2.75, 3.05) is 6.61 Å². The summed E-state index contributed by atoms with van der Waals surface area (Å²) in [4.78, 5) is 0. The first-order valence-electron chi connectivity index (χ1n) is 4.56. The lowest BCUT2D eigenvalue weighted by molar-refractivity contribution is 0.269. The van der Waals surface area contributed by atoms with Gasteiger partial charge in [-0.1, -0.05) is 34.8 Å². The molecule has 2 nitrogen and oxygen atoms in total. The highest BCUT2D eigenvalue weighted by molar-refractivity contribution is 6.35. The van der Waals surface area contributed by atoms with Crippen molar-refractivity contribution < 1.29 is 9.84 Å². The van der Waals surface area contributed by atoms with Crippen molar-refractivity contribution in [2.24, 2.45) is 0 Å². The Bertz CT molecular complexity index is 402. The summed E-state index contributed by atoms with van der Waals surface area (Å²) in [5.74, 6) is 0.437. The van der Waals surface area contributed by atoms with Gasteiger partial charge in [-0.2, -0.15) is 0 Å². The molecular weight excluding hydrogens is 270 g/mol. The standard InChI is InChI=1S/C11H11Cl3O2/c1-7(4-12)6-16-11-8(5-15)2-9(13)3-10(11)14/h2-4,15H,5-6H2,1H3. The molecule has 0 aliphatic heterocycles. The number of rotatable bonds is 4. The predicted molar refractivity (Wildman–Crippen MR) is 67.5 cm³/mol. The van der Waals surface area contributed by atoms with Crippen molar-refractivity contribution in [3.8, 4) is 5.75 Å². The number of hydrogen-bond donors (Lipinski definition) is 1.